The summed E-state index contributed by atoms with van der Waals surface area (Å²) in [5, 5.41) is 9.46. The SMILES string of the molecule is CC[C@](C)(N)c1cc(F)ccc1O. The summed E-state index contributed by atoms with van der Waals surface area (Å²) in [6.45, 7) is 3.66. The average Bonchev–Trinajstić information content (AvgIpc) is 2.09. The van der Waals surface area contributed by atoms with Gasteiger partial charge in [-0.25, -0.2) is 4.39 Å². The fraction of sp³-hybridized carbons (Fsp3) is 0.400. The van der Waals surface area contributed by atoms with Gasteiger partial charge in [-0.3, -0.25) is 0 Å². The van der Waals surface area contributed by atoms with Crippen molar-refractivity contribution >= 4 is 0 Å². The Morgan fingerprint density at radius 2 is 2.15 bits per heavy atom. The van der Waals surface area contributed by atoms with Crippen molar-refractivity contribution in [2.45, 2.75) is 25.8 Å². The van der Waals surface area contributed by atoms with E-state index in [0.717, 1.165) is 0 Å². The topological polar surface area (TPSA) is 46.2 Å². The second-order valence-corrected chi connectivity index (χ2v) is 3.43. The highest BCUT2D eigenvalue weighted by Gasteiger charge is 2.22. The molecule has 0 fully saturated rings. The molecular weight excluding hydrogens is 169 g/mol. The summed E-state index contributed by atoms with van der Waals surface area (Å²) in [5.41, 5.74) is 5.66. The smallest absolute Gasteiger partial charge is 0.123 e. The molecule has 1 atom stereocenters. The lowest BCUT2D eigenvalue weighted by Crippen LogP contribution is -2.32. The van der Waals surface area contributed by atoms with Gasteiger partial charge >= 0.3 is 0 Å². The molecule has 1 aromatic rings. The van der Waals surface area contributed by atoms with Crippen molar-refractivity contribution in [3.05, 3.63) is 29.6 Å². The second kappa shape index (κ2) is 3.34. The summed E-state index contributed by atoms with van der Waals surface area (Å²) in [6, 6.07) is 3.81. The first-order valence-electron chi connectivity index (χ1n) is 4.25. The van der Waals surface area contributed by atoms with E-state index in [2.05, 4.69) is 0 Å². The monoisotopic (exact) mass is 183 g/mol. The molecule has 1 rings (SSSR count). The lowest BCUT2D eigenvalue weighted by atomic mass is 9.90. The molecule has 0 aliphatic heterocycles. The Morgan fingerprint density at radius 3 is 2.69 bits per heavy atom. The highest BCUT2D eigenvalue weighted by molar-refractivity contribution is 5.37. The van der Waals surface area contributed by atoms with E-state index in [1.165, 1.54) is 18.2 Å². The lowest BCUT2D eigenvalue weighted by Gasteiger charge is -2.24. The van der Waals surface area contributed by atoms with Crippen molar-refractivity contribution in [1.29, 1.82) is 0 Å². The minimum atomic E-state index is -0.674. The van der Waals surface area contributed by atoms with Crippen LogP contribution in [0.15, 0.2) is 18.2 Å². The van der Waals surface area contributed by atoms with Crippen LogP contribution in [0, 0.1) is 5.82 Å². The van der Waals surface area contributed by atoms with Gasteiger partial charge in [-0.1, -0.05) is 6.92 Å². The van der Waals surface area contributed by atoms with Gasteiger partial charge in [0.15, 0.2) is 0 Å². The molecule has 3 N–H and O–H groups in total. The number of benzene rings is 1. The molecular formula is C10H14FNO. The Balaban J connectivity index is 3.20. The molecule has 72 valence electrons. The minimum absolute atomic E-state index is 0.0493. The fourth-order valence-corrected chi connectivity index (χ4v) is 1.16. The summed E-state index contributed by atoms with van der Waals surface area (Å²) in [6.07, 6.45) is 0.643. The number of phenols is 1. The molecule has 0 bridgehead atoms. The van der Waals surface area contributed by atoms with Gasteiger partial charge in [0.25, 0.3) is 0 Å². The molecule has 0 radical (unpaired) electrons. The van der Waals surface area contributed by atoms with Crippen molar-refractivity contribution in [1.82, 2.24) is 0 Å². The Bertz CT molecular complexity index is 310. The predicted molar refractivity (Wildman–Crippen MR) is 49.9 cm³/mol. The molecule has 0 aromatic heterocycles. The lowest BCUT2D eigenvalue weighted by molar-refractivity contribution is 0.413. The summed E-state index contributed by atoms with van der Waals surface area (Å²) >= 11 is 0. The molecule has 0 spiro atoms. The summed E-state index contributed by atoms with van der Waals surface area (Å²) in [4.78, 5) is 0. The minimum Gasteiger partial charge on any atom is -0.508 e. The largest absolute Gasteiger partial charge is 0.508 e. The second-order valence-electron chi connectivity index (χ2n) is 3.43. The Labute approximate surface area is 77.2 Å². The molecule has 0 amide bonds. The van der Waals surface area contributed by atoms with Gasteiger partial charge in [0.2, 0.25) is 0 Å². The summed E-state index contributed by atoms with van der Waals surface area (Å²) < 4.78 is 12.8. The zero-order chi connectivity index (χ0) is 10.1. The maximum absolute atomic E-state index is 12.8. The molecule has 1 aromatic carbocycles. The molecule has 0 heterocycles. The van der Waals surface area contributed by atoms with Crippen molar-refractivity contribution in [2.24, 2.45) is 5.73 Å². The number of phenolic OH excluding ortho intramolecular Hbond substituents is 1. The van der Waals surface area contributed by atoms with Gasteiger partial charge in [-0.05, 0) is 31.5 Å². The molecule has 0 unspecified atom stereocenters. The van der Waals surface area contributed by atoms with E-state index in [1.807, 2.05) is 6.92 Å². The van der Waals surface area contributed by atoms with Gasteiger partial charge in [-0.2, -0.15) is 0 Å². The standard InChI is InChI=1S/C10H14FNO/c1-3-10(2,12)8-6-7(11)4-5-9(8)13/h4-6,13H,3,12H2,1-2H3/t10-/m0/s1. The van der Waals surface area contributed by atoms with Gasteiger partial charge in [0, 0.05) is 11.1 Å². The van der Waals surface area contributed by atoms with E-state index in [-0.39, 0.29) is 11.6 Å². The molecule has 13 heavy (non-hydrogen) atoms. The van der Waals surface area contributed by atoms with Crippen molar-refractivity contribution in [3.8, 4) is 5.75 Å². The zero-order valence-electron chi connectivity index (χ0n) is 7.84. The van der Waals surface area contributed by atoms with E-state index in [4.69, 9.17) is 5.73 Å². The molecule has 0 saturated heterocycles. The molecule has 0 aliphatic carbocycles. The van der Waals surface area contributed by atoms with Crippen LogP contribution in [0.25, 0.3) is 0 Å². The van der Waals surface area contributed by atoms with Gasteiger partial charge in [-0.15, -0.1) is 0 Å². The highest BCUT2D eigenvalue weighted by atomic mass is 19.1. The van der Waals surface area contributed by atoms with Crippen molar-refractivity contribution < 1.29 is 9.50 Å². The number of nitrogens with two attached hydrogens (primary N) is 1. The third-order valence-electron chi connectivity index (χ3n) is 2.31. The number of halogens is 1. The predicted octanol–water partition coefficient (Wildman–Crippen LogP) is 2.12. The van der Waals surface area contributed by atoms with Crippen LogP contribution in [0.5, 0.6) is 5.75 Å². The van der Waals surface area contributed by atoms with Gasteiger partial charge in [0.05, 0.1) is 0 Å². The van der Waals surface area contributed by atoms with Crippen LogP contribution in [-0.2, 0) is 5.54 Å². The van der Waals surface area contributed by atoms with Gasteiger partial charge < -0.3 is 10.8 Å². The van der Waals surface area contributed by atoms with Crippen LogP contribution in [-0.4, -0.2) is 5.11 Å². The molecule has 0 saturated carbocycles. The number of hydrogen-bond donors (Lipinski definition) is 2. The number of hydrogen-bond acceptors (Lipinski definition) is 2. The van der Waals surface area contributed by atoms with Crippen LogP contribution < -0.4 is 5.73 Å². The van der Waals surface area contributed by atoms with Crippen LogP contribution >= 0.6 is 0 Å². The zero-order valence-corrected chi connectivity index (χ0v) is 7.84. The third-order valence-corrected chi connectivity index (χ3v) is 2.31. The van der Waals surface area contributed by atoms with E-state index >= 15 is 0 Å². The normalized spacial score (nSPS) is 15.4. The van der Waals surface area contributed by atoms with Crippen molar-refractivity contribution in [3.63, 3.8) is 0 Å². The molecule has 0 aliphatic rings. The average molecular weight is 183 g/mol. The maximum atomic E-state index is 12.8. The summed E-state index contributed by atoms with van der Waals surface area (Å²) in [7, 11) is 0. The molecule has 3 heteroatoms. The van der Waals surface area contributed by atoms with E-state index in [0.29, 0.717) is 12.0 Å². The number of aromatic hydroxyl groups is 1. The Morgan fingerprint density at radius 1 is 1.54 bits per heavy atom. The van der Waals surface area contributed by atoms with E-state index in [1.54, 1.807) is 6.92 Å². The summed E-state index contributed by atoms with van der Waals surface area (Å²) in [5.74, 6) is -0.328. The third kappa shape index (κ3) is 1.98. The quantitative estimate of drug-likeness (QED) is 0.737. The highest BCUT2D eigenvalue weighted by Crippen LogP contribution is 2.29. The van der Waals surface area contributed by atoms with E-state index < -0.39 is 5.54 Å². The Hall–Kier alpha value is -1.09. The Kier molecular flexibility index (Phi) is 2.57. The van der Waals surface area contributed by atoms with Crippen molar-refractivity contribution in [2.75, 3.05) is 0 Å². The number of rotatable bonds is 2. The van der Waals surface area contributed by atoms with Crippen LogP contribution in [0.2, 0.25) is 0 Å². The first kappa shape index (κ1) is 9.99. The van der Waals surface area contributed by atoms with Gasteiger partial charge in [0.1, 0.15) is 11.6 Å². The van der Waals surface area contributed by atoms with Crippen LogP contribution in [0.1, 0.15) is 25.8 Å². The maximum Gasteiger partial charge on any atom is 0.123 e. The fourth-order valence-electron chi connectivity index (χ4n) is 1.16. The van der Waals surface area contributed by atoms with Crippen LogP contribution in [0.3, 0.4) is 0 Å². The first-order chi connectivity index (χ1) is 5.97. The molecule has 2 nitrogen and oxygen atoms in total. The first-order valence-corrected chi connectivity index (χ1v) is 4.25. The van der Waals surface area contributed by atoms with E-state index in [9.17, 15) is 9.50 Å². The van der Waals surface area contributed by atoms with Crippen LogP contribution in [0.4, 0.5) is 4.39 Å².